The highest BCUT2D eigenvalue weighted by atomic mass is 16.5. The normalized spacial score (nSPS) is 17.8. The molecule has 0 aromatic carbocycles. The van der Waals surface area contributed by atoms with Crippen molar-refractivity contribution in [2.45, 2.75) is 32.8 Å². The Kier molecular flexibility index (Phi) is 2.61. The minimum absolute atomic E-state index is 0.0444. The van der Waals surface area contributed by atoms with Crippen molar-refractivity contribution in [3.05, 3.63) is 27.4 Å². The molecule has 0 radical (unpaired) electrons. The molecule has 2 rings (SSSR count). The number of aryl methyl sites for hydroxylation is 1. The Balaban J connectivity index is 2.39. The van der Waals surface area contributed by atoms with E-state index in [9.17, 15) is 4.79 Å². The molecule has 1 aliphatic carbocycles. The molecule has 0 saturated heterocycles. The number of rotatable bonds is 3. The summed E-state index contributed by atoms with van der Waals surface area (Å²) in [5.74, 6) is 1.20. The first-order valence-corrected chi connectivity index (χ1v) is 5.23. The van der Waals surface area contributed by atoms with Gasteiger partial charge in [0.15, 0.2) is 0 Å². The van der Waals surface area contributed by atoms with Gasteiger partial charge in [-0.1, -0.05) is 0 Å². The smallest absolute Gasteiger partial charge is 0.254 e. The Morgan fingerprint density at radius 3 is 2.60 bits per heavy atom. The van der Waals surface area contributed by atoms with Gasteiger partial charge in [0.25, 0.3) is 5.56 Å². The molecular formula is C11H16N2O2. The van der Waals surface area contributed by atoms with Crippen LogP contribution in [0, 0.1) is 19.8 Å². The first-order valence-electron chi connectivity index (χ1n) is 5.23. The molecule has 1 heterocycles. The van der Waals surface area contributed by atoms with Crippen LogP contribution in [0.15, 0.2) is 4.79 Å². The monoisotopic (exact) mass is 208 g/mol. The fourth-order valence-corrected chi connectivity index (χ4v) is 1.73. The average molecular weight is 208 g/mol. The molecule has 15 heavy (non-hydrogen) atoms. The van der Waals surface area contributed by atoms with Crippen LogP contribution in [0.5, 0.6) is 0 Å². The predicted octanol–water partition coefficient (Wildman–Crippen LogP) is 1.48. The fraction of sp³-hybridized carbons (Fsp3) is 0.636. The van der Waals surface area contributed by atoms with Gasteiger partial charge >= 0.3 is 0 Å². The summed E-state index contributed by atoms with van der Waals surface area (Å²) in [7, 11) is 1.66. The van der Waals surface area contributed by atoms with E-state index in [4.69, 9.17) is 4.74 Å². The summed E-state index contributed by atoms with van der Waals surface area (Å²) in [6.07, 6.45) is 2.28. The van der Waals surface area contributed by atoms with E-state index in [1.54, 1.807) is 14.0 Å². The lowest BCUT2D eigenvalue weighted by molar-refractivity contribution is 0.0768. The van der Waals surface area contributed by atoms with Crippen molar-refractivity contribution >= 4 is 0 Å². The van der Waals surface area contributed by atoms with Gasteiger partial charge in [-0.05, 0) is 32.6 Å². The van der Waals surface area contributed by atoms with Crippen LogP contribution in [0.4, 0.5) is 0 Å². The van der Waals surface area contributed by atoms with Gasteiger partial charge in [0, 0.05) is 18.4 Å². The number of aromatic amines is 1. The van der Waals surface area contributed by atoms with Crippen molar-refractivity contribution in [3.8, 4) is 0 Å². The van der Waals surface area contributed by atoms with Gasteiger partial charge in [-0.3, -0.25) is 4.79 Å². The Hall–Kier alpha value is -1.16. The van der Waals surface area contributed by atoms with Gasteiger partial charge in [-0.15, -0.1) is 0 Å². The Labute approximate surface area is 88.7 Å². The van der Waals surface area contributed by atoms with Crippen molar-refractivity contribution in [2.24, 2.45) is 5.92 Å². The van der Waals surface area contributed by atoms with Crippen LogP contribution in [0.25, 0.3) is 0 Å². The zero-order valence-corrected chi connectivity index (χ0v) is 9.33. The minimum atomic E-state index is -0.0554. The van der Waals surface area contributed by atoms with Crippen LogP contribution < -0.4 is 5.56 Å². The summed E-state index contributed by atoms with van der Waals surface area (Å²) in [6, 6.07) is 0. The topological polar surface area (TPSA) is 55.0 Å². The van der Waals surface area contributed by atoms with Gasteiger partial charge in [0.2, 0.25) is 0 Å². The predicted molar refractivity (Wildman–Crippen MR) is 56.8 cm³/mol. The van der Waals surface area contributed by atoms with Gasteiger partial charge < -0.3 is 9.72 Å². The van der Waals surface area contributed by atoms with Crippen LogP contribution in [-0.2, 0) is 4.74 Å². The number of nitrogens with one attached hydrogen (secondary N) is 1. The molecule has 1 aromatic rings. The summed E-state index contributed by atoms with van der Waals surface area (Å²) in [5.41, 5.74) is 1.42. The summed E-state index contributed by atoms with van der Waals surface area (Å²) in [4.78, 5) is 18.8. The van der Waals surface area contributed by atoms with Gasteiger partial charge in [0.1, 0.15) is 11.9 Å². The van der Waals surface area contributed by atoms with Crippen LogP contribution in [0.2, 0.25) is 0 Å². The number of nitrogens with zero attached hydrogens (tertiary/aromatic N) is 1. The third-order valence-corrected chi connectivity index (χ3v) is 2.99. The van der Waals surface area contributed by atoms with Gasteiger partial charge in [-0.2, -0.15) is 0 Å². The maximum Gasteiger partial charge on any atom is 0.254 e. The zero-order valence-electron chi connectivity index (χ0n) is 9.33. The SMILES string of the molecule is COC(c1nc(C)c(C)c(=O)[nH]1)C1CC1. The lowest BCUT2D eigenvalue weighted by Crippen LogP contribution is -2.20. The highest BCUT2D eigenvalue weighted by molar-refractivity contribution is 5.15. The quantitative estimate of drug-likeness (QED) is 0.818. The number of methoxy groups -OCH3 is 1. The van der Waals surface area contributed by atoms with Crippen LogP contribution >= 0.6 is 0 Å². The molecule has 1 saturated carbocycles. The first kappa shape index (κ1) is 10.4. The molecule has 0 amide bonds. The first-order chi connectivity index (χ1) is 7.13. The molecular weight excluding hydrogens is 192 g/mol. The van der Waals surface area contributed by atoms with E-state index in [1.807, 2.05) is 6.92 Å². The third kappa shape index (κ3) is 1.95. The van der Waals surface area contributed by atoms with E-state index >= 15 is 0 Å². The highest BCUT2D eigenvalue weighted by Gasteiger charge is 2.34. The molecule has 1 atom stereocenters. The summed E-state index contributed by atoms with van der Waals surface area (Å²) in [5, 5.41) is 0. The van der Waals surface area contributed by atoms with Crippen LogP contribution in [0.1, 0.15) is 36.0 Å². The van der Waals surface area contributed by atoms with Crippen molar-refractivity contribution in [1.82, 2.24) is 9.97 Å². The third-order valence-electron chi connectivity index (χ3n) is 2.99. The lowest BCUT2D eigenvalue weighted by Gasteiger charge is -2.14. The van der Waals surface area contributed by atoms with Crippen LogP contribution in [-0.4, -0.2) is 17.1 Å². The molecule has 4 nitrogen and oxygen atoms in total. The van der Waals surface area contributed by atoms with Crippen molar-refractivity contribution < 1.29 is 4.74 Å². The summed E-state index contributed by atoms with van der Waals surface area (Å²) in [6.45, 7) is 3.64. The number of hydrogen-bond donors (Lipinski definition) is 1. The largest absolute Gasteiger partial charge is 0.373 e. The molecule has 1 unspecified atom stereocenters. The van der Waals surface area contributed by atoms with E-state index < -0.39 is 0 Å². The van der Waals surface area contributed by atoms with Gasteiger partial charge in [-0.25, -0.2) is 4.98 Å². The minimum Gasteiger partial charge on any atom is -0.373 e. The number of hydrogen-bond acceptors (Lipinski definition) is 3. The Morgan fingerprint density at radius 1 is 1.47 bits per heavy atom. The van der Waals surface area contributed by atoms with Crippen molar-refractivity contribution in [2.75, 3.05) is 7.11 Å². The van der Waals surface area contributed by atoms with E-state index in [0.29, 0.717) is 17.3 Å². The van der Waals surface area contributed by atoms with Gasteiger partial charge in [0.05, 0.1) is 0 Å². The average Bonchev–Trinajstić information content (AvgIpc) is 2.99. The second-order valence-electron chi connectivity index (χ2n) is 4.16. The van der Waals surface area contributed by atoms with E-state index in [1.165, 1.54) is 0 Å². The summed E-state index contributed by atoms with van der Waals surface area (Å²) >= 11 is 0. The molecule has 4 heteroatoms. The molecule has 0 bridgehead atoms. The molecule has 0 spiro atoms. The molecule has 1 aromatic heterocycles. The maximum absolute atomic E-state index is 11.6. The molecule has 1 fully saturated rings. The second kappa shape index (κ2) is 3.77. The fourth-order valence-electron chi connectivity index (χ4n) is 1.73. The lowest BCUT2D eigenvalue weighted by atomic mass is 10.2. The Morgan fingerprint density at radius 2 is 2.13 bits per heavy atom. The zero-order chi connectivity index (χ0) is 11.0. The highest BCUT2D eigenvalue weighted by Crippen LogP contribution is 2.41. The molecule has 0 aliphatic heterocycles. The standard InChI is InChI=1S/C11H16N2O2/c1-6-7(2)12-10(13-11(6)14)9(15-3)8-4-5-8/h8-9H,4-5H2,1-3H3,(H,12,13,14). The molecule has 1 N–H and O–H groups in total. The second-order valence-corrected chi connectivity index (χ2v) is 4.16. The van der Waals surface area contributed by atoms with Crippen LogP contribution in [0.3, 0.4) is 0 Å². The Bertz CT molecular complexity index is 421. The van der Waals surface area contributed by atoms with Crippen molar-refractivity contribution in [3.63, 3.8) is 0 Å². The van der Waals surface area contributed by atoms with E-state index in [-0.39, 0.29) is 11.7 Å². The van der Waals surface area contributed by atoms with Crippen molar-refractivity contribution in [1.29, 1.82) is 0 Å². The summed E-state index contributed by atoms with van der Waals surface area (Å²) < 4.78 is 5.38. The molecule has 82 valence electrons. The number of ether oxygens (including phenoxy) is 1. The molecule has 1 aliphatic rings. The van der Waals surface area contributed by atoms with E-state index in [0.717, 1.165) is 18.5 Å². The number of H-pyrrole nitrogens is 1. The number of aromatic nitrogens is 2. The van der Waals surface area contributed by atoms with E-state index in [2.05, 4.69) is 9.97 Å². The maximum atomic E-state index is 11.6.